The minimum atomic E-state index is -0.491. The van der Waals surface area contributed by atoms with Gasteiger partial charge in [-0.3, -0.25) is 4.79 Å². The van der Waals surface area contributed by atoms with Crippen LogP contribution in [-0.2, 0) is 4.79 Å². The van der Waals surface area contributed by atoms with Gasteiger partial charge in [0.05, 0.1) is 6.10 Å². The standard InChI is InChI=1S/C21H23FO2/c1-3-10-21-14(2)18(12-15-6-4-8-17(22)11-15)19(23)13-16(21)7-5-9-20(21)24/h3-4,6,8,11-14,20,24H,1,5,7,9-10H2,2H3/t14-,20-,21-/m0/s1. The van der Waals surface area contributed by atoms with E-state index < -0.39 is 11.5 Å². The van der Waals surface area contributed by atoms with Gasteiger partial charge in [-0.1, -0.05) is 30.7 Å². The zero-order valence-corrected chi connectivity index (χ0v) is 14.0. The van der Waals surface area contributed by atoms with Crippen LogP contribution in [0, 0.1) is 17.2 Å². The Kier molecular flexibility index (Phi) is 4.55. The second-order valence-electron chi connectivity index (χ2n) is 6.85. The van der Waals surface area contributed by atoms with E-state index in [0.717, 1.165) is 24.8 Å². The number of hydrogen-bond donors (Lipinski definition) is 1. The van der Waals surface area contributed by atoms with Crippen molar-refractivity contribution in [2.24, 2.45) is 11.3 Å². The molecule has 1 fully saturated rings. The van der Waals surface area contributed by atoms with E-state index in [1.807, 2.05) is 13.0 Å². The van der Waals surface area contributed by atoms with Gasteiger partial charge in [-0.2, -0.15) is 0 Å². The second kappa shape index (κ2) is 6.48. The monoisotopic (exact) mass is 326 g/mol. The Morgan fingerprint density at radius 2 is 2.25 bits per heavy atom. The largest absolute Gasteiger partial charge is 0.392 e. The lowest BCUT2D eigenvalue weighted by atomic mass is 9.55. The van der Waals surface area contributed by atoms with Gasteiger partial charge in [-0.25, -0.2) is 4.39 Å². The normalized spacial score (nSPS) is 31.5. The summed E-state index contributed by atoms with van der Waals surface area (Å²) in [6.07, 6.45) is 7.89. The van der Waals surface area contributed by atoms with Crippen LogP contribution in [0.3, 0.4) is 0 Å². The number of halogens is 1. The van der Waals surface area contributed by atoms with Crippen LogP contribution in [0.25, 0.3) is 6.08 Å². The molecule has 1 saturated carbocycles. The molecule has 3 atom stereocenters. The first kappa shape index (κ1) is 16.8. The first-order valence-electron chi connectivity index (χ1n) is 8.50. The van der Waals surface area contributed by atoms with E-state index in [1.54, 1.807) is 24.3 Å². The van der Waals surface area contributed by atoms with Crippen LogP contribution in [0.2, 0.25) is 0 Å². The number of aliphatic hydroxyl groups is 1. The van der Waals surface area contributed by atoms with Gasteiger partial charge < -0.3 is 5.11 Å². The van der Waals surface area contributed by atoms with E-state index in [9.17, 15) is 14.3 Å². The van der Waals surface area contributed by atoms with Gasteiger partial charge >= 0.3 is 0 Å². The molecule has 2 aliphatic rings. The number of fused-ring (bicyclic) bond motifs is 1. The Hall–Kier alpha value is -2.00. The van der Waals surface area contributed by atoms with Crippen molar-refractivity contribution in [1.82, 2.24) is 0 Å². The zero-order valence-electron chi connectivity index (χ0n) is 14.0. The van der Waals surface area contributed by atoms with Gasteiger partial charge in [-0.15, -0.1) is 6.58 Å². The fraction of sp³-hybridized carbons (Fsp3) is 0.381. The summed E-state index contributed by atoms with van der Waals surface area (Å²) >= 11 is 0. The molecule has 1 aromatic rings. The Labute approximate surface area is 142 Å². The fourth-order valence-corrected chi connectivity index (χ4v) is 4.35. The van der Waals surface area contributed by atoms with E-state index in [1.165, 1.54) is 12.1 Å². The minimum absolute atomic E-state index is 0.0319. The van der Waals surface area contributed by atoms with Crippen molar-refractivity contribution in [3.8, 4) is 0 Å². The molecule has 24 heavy (non-hydrogen) atoms. The predicted octanol–water partition coefficient (Wildman–Crippen LogP) is 4.46. The molecule has 0 unspecified atom stereocenters. The van der Waals surface area contributed by atoms with Crippen LogP contribution in [0.4, 0.5) is 4.39 Å². The number of carbonyl (C=O) groups is 1. The van der Waals surface area contributed by atoms with Crippen molar-refractivity contribution < 1.29 is 14.3 Å². The molecule has 0 bridgehead atoms. The molecule has 0 aromatic heterocycles. The number of carbonyl (C=O) groups excluding carboxylic acids is 1. The molecule has 1 aromatic carbocycles. The Balaban J connectivity index is 2.11. The van der Waals surface area contributed by atoms with Crippen molar-refractivity contribution in [2.45, 2.75) is 38.7 Å². The summed E-state index contributed by atoms with van der Waals surface area (Å²) in [5.41, 5.74) is 1.87. The summed E-state index contributed by atoms with van der Waals surface area (Å²) < 4.78 is 13.5. The Morgan fingerprint density at radius 1 is 1.46 bits per heavy atom. The molecule has 2 aliphatic carbocycles. The SMILES string of the molecule is C=CC[C@@]12C(=CC(=O)C(=Cc3cccc(F)c3)[C@@H]1C)CCC[C@@H]2O. The number of allylic oxidation sites excluding steroid dienone is 3. The van der Waals surface area contributed by atoms with Crippen molar-refractivity contribution in [2.75, 3.05) is 0 Å². The highest BCUT2D eigenvalue weighted by Gasteiger charge is 2.50. The molecule has 0 spiro atoms. The minimum Gasteiger partial charge on any atom is -0.392 e. The van der Waals surface area contributed by atoms with Crippen molar-refractivity contribution in [1.29, 1.82) is 0 Å². The van der Waals surface area contributed by atoms with Crippen LogP contribution in [0.5, 0.6) is 0 Å². The van der Waals surface area contributed by atoms with Crippen LogP contribution in [0.1, 0.15) is 38.2 Å². The van der Waals surface area contributed by atoms with Crippen LogP contribution in [0.15, 0.2) is 54.1 Å². The van der Waals surface area contributed by atoms with E-state index in [-0.39, 0.29) is 17.5 Å². The summed E-state index contributed by atoms with van der Waals surface area (Å²) in [5.74, 6) is -0.493. The third kappa shape index (κ3) is 2.67. The van der Waals surface area contributed by atoms with Crippen molar-refractivity contribution in [3.05, 3.63) is 65.5 Å². The summed E-state index contributed by atoms with van der Waals surface area (Å²) in [5, 5.41) is 10.8. The molecular formula is C21H23FO2. The molecule has 0 saturated heterocycles. The lowest BCUT2D eigenvalue weighted by molar-refractivity contribution is -0.113. The maximum atomic E-state index is 13.5. The molecule has 0 heterocycles. The Bertz CT molecular complexity index is 731. The van der Waals surface area contributed by atoms with Gasteiger partial charge in [0, 0.05) is 11.0 Å². The topological polar surface area (TPSA) is 37.3 Å². The molecule has 1 N–H and O–H groups in total. The predicted molar refractivity (Wildman–Crippen MR) is 93.7 cm³/mol. The summed E-state index contributed by atoms with van der Waals surface area (Å²) in [6.45, 7) is 5.85. The maximum Gasteiger partial charge on any atom is 0.182 e. The molecule has 0 radical (unpaired) electrons. The van der Waals surface area contributed by atoms with Gasteiger partial charge in [-0.05, 0) is 61.4 Å². The number of hydrogen-bond acceptors (Lipinski definition) is 2. The highest BCUT2D eigenvalue weighted by molar-refractivity contribution is 6.09. The van der Waals surface area contributed by atoms with Crippen molar-refractivity contribution >= 4 is 11.9 Å². The Morgan fingerprint density at radius 3 is 2.96 bits per heavy atom. The summed E-state index contributed by atoms with van der Waals surface area (Å²) in [7, 11) is 0. The molecule has 0 amide bonds. The smallest absolute Gasteiger partial charge is 0.182 e. The number of benzene rings is 1. The molecule has 126 valence electrons. The van der Waals surface area contributed by atoms with Crippen LogP contribution < -0.4 is 0 Å². The number of aliphatic hydroxyl groups excluding tert-OH is 1. The first-order chi connectivity index (χ1) is 11.5. The molecule has 3 rings (SSSR count). The average Bonchev–Trinajstić information content (AvgIpc) is 2.54. The molecule has 0 aliphatic heterocycles. The number of ketones is 1. The summed E-state index contributed by atoms with van der Waals surface area (Å²) in [6, 6.07) is 6.22. The van der Waals surface area contributed by atoms with E-state index in [0.29, 0.717) is 17.6 Å². The lowest BCUT2D eigenvalue weighted by Crippen LogP contribution is -2.48. The van der Waals surface area contributed by atoms with Crippen LogP contribution in [-0.4, -0.2) is 17.0 Å². The number of rotatable bonds is 3. The highest BCUT2D eigenvalue weighted by Crippen LogP contribution is 2.54. The molecular weight excluding hydrogens is 303 g/mol. The quantitative estimate of drug-likeness (QED) is 0.658. The summed E-state index contributed by atoms with van der Waals surface area (Å²) in [4.78, 5) is 12.7. The third-order valence-electron chi connectivity index (χ3n) is 5.60. The van der Waals surface area contributed by atoms with Gasteiger partial charge in [0.15, 0.2) is 5.78 Å². The average molecular weight is 326 g/mol. The lowest BCUT2D eigenvalue weighted by Gasteiger charge is -2.50. The van der Waals surface area contributed by atoms with Crippen LogP contribution >= 0.6 is 0 Å². The van der Waals surface area contributed by atoms with Gasteiger partial charge in [0.2, 0.25) is 0 Å². The van der Waals surface area contributed by atoms with Gasteiger partial charge in [0.1, 0.15) is 5.82 Å². The van der Waals surface area contributed by atoms with Crippen molar-refractivity contribution in [3.63, 3.8) is 0 Å². The highest BCUT2D eigenvalue weighted by atomic mass is 19.1. The van der Waals surface area contributed by atoms with E-state index >= 15 is 0 Å². The van der Waals surface area contributed by atoms with Gasteiger partial charge in [0.25, 0.3) is 0 Å². The second-order valence-corrected chi connectivity index (χ2v) is 6.85. The van der Waals surface area contributed by atoms with E-state index in [2.05, 4.69) is 6.58 Å². The maximum absolute atomic E-state index is 13.5. The molecule has 3 heteroatoms. The zero-order chi connectivity index (χ0) is 17.3. The third-order valence-corrected chi connectivity index (χ3v) is 5.60. The first-order valence-corrected chi connectivity index (χ1v) is 8.50. The fourth-order valence-electron chi connectivity index (χ4n) is 4.35. The molecule has 2 nitrogen and oxygen atoms in total. The van der Waals surface area contributed by atoms with E-state index in [4.69, 9.17) is 0 Å².